The molecule has 5 heteroatoms. The first-order valence-corrected chi connectivity index (χ1v) is 10.3. The molecule has 0 saturated heterocycles. The number of aryl methyl sites for hydroxylation is 2. The number of carbonyl (C=O) groups is 1. The molecule has 0 aliphatic carbocycles. The molecule has 0 aromatic heterocycles. The Kier molecular flexibility index (Phi) is 6.01. The Bertz CT molecular complexity index is 860. The molecule has 0 N–H and O–H groups in total. The minimum Gasteiger partial charge on any atom is -0.494 e. The fourth-order valence-electron chi connectivity index (χ4n) is 3.00. The number of benzene rings is 2. The van der Waals surface area contributed by atoms with Crippen LogP contribution in [0.3, 0.4) is 0 Å². The second-order valence-electron chi connectivity index (χ2n) is 6.40. The van der Waals surface area contributed by atoms with Gasteiger partial charge in [-0.25, -0.2) is 8.42 Å². The Morgan fingerprint density at radius 2 is 1.72 bits per heavy atom. The molecule has 0 aliphatic heterocycles. The first-order valence-electron chi connectivity index (χ1n) is 8.20. The van der Waals surface area contributed by atoms with Gasteiger partial charge in [0.25, 0.3) is 0 Å². The zero-order chi connectivity index (χ0) is 18.6. The first-order chi connectivity index (χ1) is 11.7. The maximum Gasteiger partial charge on any atom is 0.150 e. The Morgan fingerprint density at radius 3 is 2.28 bits per heavy atom. The summed E-state index contributed by atoms with van der Waals surface area (Å²) >= 11 is 0. The van der Waals surface area contributed by atoms with Crippen LogP contribution < -0.4 is 4.74 Å². The van der Waals surface area contributed by atoms with Crippen molar-refractivity contribution in [2.24, 2.45) is 0 Å². The second kappa shape index (κ2) is 7.83. The van der Waals surface area contributed by atoms with Gasteiger partial charge in [0.2, 0.25) is 0 Å². The molecule has 2 aromatic rings. The molecule has 0 fully saturated rings. The van der Waals surface area contributed by atoms with Crippen LogP contribution in [0.4, 0.5) is 0 Å². The highest BCUT2D eigenvalue weighted by atomic mass is 32.2. The Labute approximate surface area is 149 Å². The highest BCUT2D eigenvalue weighted by molar-refractivity contribution is 7.90. The molecule has 2 rings (SSSR count). The van der Waals surface area contributed by atoms with E-state index >= 15 is 0 Å². The van der Waals surface area contributed by atoms with Crippen molar-refractivity contribution in [3.8, 4) is 16.9 Å². The molecule has 0 spiro atoms. The summed E-state index contributed by atoms with van der Waals surface area (Å²) in [4.78, 5) is 11.2. The van der Waals surface area contributed by atoms with Gasteiger partial charge in [0.05, 0.1) is 12.4 Å². The molecule has 25 heavy (non-hydrogen) atoms. The fourth-order valence-corrected chi connectivity index (χ4v) is 3.64. The maximum absolute atomic E-state index is 11.2. The number of ether oxygens (including phenoxy) is 1. The number of hydrogen-bond donors (Lipinski definition) is 0. The zero-order valence-corrected chi connectivity index (χ0v) is 15.9. The van der Waals surface area contributed by atoms with Gasteiger partial charge in [-0.2, -0.15) is 0 Å². The van der Waals surface area contributed by atoms with Crippen molar-refractivity contribution < 1.29 is 17.9 Å². The van der Waals surface area contributed by atoms with Crippen LogP contribution in [-0.2, 0) is 9.84 Å². The number of hydrogen-bond acceptors (Lipinski definition) is 4. The minimum atomic E-state index is -2.96. The van der Waals surface area contributed by atoms with Gasteiger partial charge in [0, 0.05) is 11.8 Å². The largest absolute Gasteiger partial charge is 0.494 e. The molecular formula is C20H24O4S. The first kappa shape index (κ1) is 19.2. The SMILES string of the molecule is Cc1cc(OCCCS(C)(=O)=O)cc(C)c1-c1cccc(C=O)c1C. The molecule has 0 saturated carbocycles. The van der Waals surface area contributed by atoms with Crippen LogP contribution in [0.2, 0.25) is 0 Å². The van der Waals surface area contributed by atoms with Crippen molar-refractivity contribution in [3.63, 3.8) is 0 Å². The van der Waals surface area contributed by atoms with E-state index in [4.69, 9.17) is 4.74 Å². The van der Waals surface area contributed by atoms with Gasteiger partial charge in [-0.15, -0.1) is 0 Å². The molecule has 0 aliphatic rings. The third-order valence-corrected chi connectivity index (χ3v) is 5.24. The normalized spacial score (nSPS) is 11.4. The van der Waals surface area contributed by atoms with Gasteiger partial charge in [-0.05, 0) is 67.1 Å². The third-order valence-electron chi connectivity index (χ3n) is 4.21. The Morgan fingerprint density at radius 1 is 1.08 bits per heavy atom. The van der Waals surface area contributed by atoms with Crippen LogP contribution in [0.1, 0.15) is 33.5 Å². The van der Waals surface area contributed by atoms with Crippen molar-refractivity contribution >= 4 is 16.1 Å². The van der Waals surface area contributed by atoms with Crippen molar-refractivity contribution in [3.05, 3.63) is 52.6 Å². The lowest BCUT2D eigenvalue weighted by Crippen LogP contribution is -2.08. The highest BCUT2D eigenvalue weighted by Crippen LogP contribution is 2.33. The van der Waals surface area contributed by atoms with Gasteiger partial charge in [0.15, 0.2) is 0 Å². The molecule has 0 unspecified atom stereocenters. The summed E-state index contributed by atoms with van der Waals surface area (Å²) in [5.74, 6) is 0.859. The van der Waals surface area contributed by atoms with Crippen LogP contribution in [0, 0.1) is 20.8 Å². The Balaban J connectivity index is 2.25. The van der Waals surface area contributed by atoms with E-state index in [1.54, 1.807) is 0 Å². The predicted octanol–water partition coefficient (Wildman–Crippen LogP) is 3.90. The lowest BCUT2D eigenvalue weighted by atomic mass is 9.90. The summed E-state index contributed by atoms with van der Waals surface area (Å²) in [6.07, 6.45) is 2.58. The molecule has 0 radical (unpaired) electrons. The monoisotopic (exact) mass is 360 g/mol. The predicted molar refractivity (Wildman–Crippen MR) is 101 cm³/mol. The van der Waals surface area contributed by atoms with Crippen molar-refractivity contribution in [1.29, 1.82) is 0 Å². The average Bonchev–Trinajstić information content (AvgIpc) is 2.51. The second-order valence-corrected chi connectivity index (χ2v) is 8.66. The van der Waals surface area contributed by atoms with Crippen molar-refractivity contribution in [1.82, 2.24) is 0 Å². The van der Waals surface area contributed by atoms with Crippen molar-refractivity contribution in [2.75, 3.05) is 18.6 Å². The van der Waals surface area contributed by atoms with Crippen LogP contribution in [0.5, 0.6) is 5.75 Å². The molecule has 2 aromatic carbocycles. The minimum absolute atomic E-state index is 0.126. The lowest BCUT2D eigenvalue weighted by Gasteiger charge is -2.16. The zero-order valence-electron chi connectivity index (χ0n) is 15.1. The quantitative estimate of drug-likeness (QED) is 0.555. The van der Waals surface area contributed by atoms with Crippen LogP contribution >= 0.6 is 0 Å². The Hall–Kier alpha value is -2.14. The van der Waals surface area contributed by atoms with E-state index in [1.807, 2.05) is 51.1 Å². The van der Waals surface area contributed by atoms with E-state index in [0.717, 1.165) is 39.9 Å². The molecule has 0 atom stereocenters. The molecule has 0 bridgehead atoms. The number of rotatable bonds is 7. The summed E-state index contributed by atoms with van der Waals surface area (Å²) in [5, 5.41) is 0. The summed E-state index contributed by atoms with van der Waals surface area (Å²) in [6.45, 7) is 6.34. The van der Waals surface area contributed by atoms with E-state index < -0.39 is 9.84 Å². The van der Waals surface area contributed by atoms with Crippen molar-refractivity contribution in [2.45, 2.75) is 27.2 Å². The molecule has 0 heterocycles. The molecule has 134 valence electrons. The van der Waals surface area contributed by atoms with E-state index in [9.17, 15) is 13.2 Å². The number of aldehydes is 1. The topological polar surface area (TPSA) is 60.4 Å². The van der Waals surface area contributed by atoms with Gasteiger partial charge in [0.1, 0.15) is 21.9 Å². The smallest absolute Gasteiger partial charge is 0.150 e. The van der Waals surface area contributed by atoms with Gasteiger partial charge in [-0.3, -0.25) is 4.79 Å². The summed E-state index contributed by atoms with van der Waals surface area (Å²) < 4.78 is 28.0. The van der Waals surface area contributed by atoms with Crippen LogP contribution in [0.15, 0.2) is 30.3 Å². The van der Waals surface area contributed by atoms with E-state index in [1.165, 1.54) is 6.26 Å². The van der Waals surface area contributed by atoms with Gasteiger partial charge < -0.3 is 4.74 Å². The average molecular weight is 360 g/mol. The molecule has 4 nitrogen and oxygen atoms in total. The lowest BCUT2D eigenvalue weighted by molar-refractivity contribution is 0.112. The van der Waals surface area contributed by atoms with Gasteiger partial charge in [-0.1, -0.05) is 18.2 Å². The van der Waals surface area contributed by atoms with Crippen LogP contribution in [-0.4, -0.2) is 33.3 Å². The third kappa shape index (κ3) is 4.92. The standard InChI is InChI=1S/C20H24O4S/c1-14-11-18(24-9-6-10-25(4,22)23)12-15(2)20(14)19-8-5-7-17(13-21)16(19)3/h5,7-8,11-13H,6,9-10H2,1-4H3. The summed E-state index contributed by atoms with van der Waals surface area (Å²) in [5.41, 5.74) is 5.92. The van der Waals surface area contributed by atoms with E-state index in [0.29, 0.717) is 18.6 Å². The molecular weight excluding hydrogens is 336 g/mol. The van der Waals surface area contributed by atoms with Gasteiger partial charge >= 0.3 is 0 Å². The van der Waals surface area contributed by atoms with Crippen LogP contribution in [0.25, 0.3) is 11.1 Å². The summed E-state index contributed by atoms with van der Waals surface area (Å²) in [6, 6.07) is 9.63. The van der Waals surface area contributed by atoms with E-state index in [-0.39, 0.29) is 5.75 Å². The number of sulfone groups is 1. The number of carbonyl (C=O) groups excluding carboxylic acids is 1. The van der Waals surface area contributed by atoms with E-state index in [2.05, 4.69) is 0 Å². The highest BCUT2D eigenvalue weighted by Gasteiger charge is 2.12. The maximum atomic E-state index is 11.2. The fraction of sp³-hybridized carbons (Fsp3) is 0.350. The summed E-state index contributed by atoms with van der Waals surface area (Å²) in [7, 11) is -2.96. The molecule has 0 amide bonds.